The fourth-order valence-corrected chi connectivity index (χ4v) is 3.12. The summed E-state index contributed by atoms with van der Waals surface area (Å²) in [6.07, 6.45) is 1.61. The van der Waals surface area contributed by atoms with Crippen molar-refractivity contribution in [3.63, 3.8) is 0 Å². The third kappa shape index (κ3) is 3.66. The minimum Gasteiger partial charge on any atom is -0.493 e. The van der Waals surface area contributed by atoms with Gasteiger partial charge in [0.2, 0.25) is 5.91 Å². The van der Waals surface area contributed by atoms with Crippen molar-refractivity contribution < 1.29 is 19.1 Å². The highest BCUT2D eigenvalue weighted by molar-refractivity contribution is 7.13. The highest BCUT2D eigenvalue weighted by Crippen LogP contribution is 2.32. The van der Waals surface area contributed by atoms with Crippen LogP contribution in [0.4, 0.5) is 15.6 Å². The number of methoxy groups -OCH3 is 2. The van der Waals surface area contributed by atoms with E-state index in [4.69, 9.17) is 9.47 Å². The van der Waals surface area contributed by atoms with E-state index in [2.05, 4.69) is 10.3 Å². The molecule has 1 fully saturated rings. The molecule has 0 unspecified atom stereocenters. The highest BCUT2D eigenvalue weighted by atomic mass is 32.1. The van der Waals surface area contributed by atoms with Crippen molar-refractivity contribution in [1.29, 1.82) is 0 Å². The molecule has 25 heavy (non-hydrogen) atoms. The van der Waals surface area contributed by atoms with Gasteiger partial charge in [-0.05, 0) is 12.1 Å². The summed E-state index contributed by atoms with van der Waals surface area (Å²) in [5.41, 5.74) is 0.700. The molecule has 0 atom stereocenters. The molecule has 0 aliphatic carbocycles. The molecule has 1 aliphatic heterocycles. The number of benzene rings is 1. The first kappa shape index (κ1) is 17.0. The number of thiazole rings is 1. The van der Waals surface area contributed by atoms with Gasteiger partial charge in [-0.15, -0.1) is 11.3 Å². The Bertz CT molecular complexity index is 766. The first-order valence-electron chi connectivity index (χ1n) is 7.60. The summed E-state index contributed by atoms with van der Waals surface area (Å²) in [6, 6.07) is 5.06. The van der Waals surface area contributed by atoms with Crippen LogP contribution in [0.15, 0.2) is 29.8 Å². The standard InChI is InChI=1S/C16H18N4O4S/c1-23-12-4-3-11(9-13(12)24-2)20-7-6-19(16(20)22)10-14(21)18-15-17-5-8-25-15/h3-5,8-9H,6-7,10H2,1-2H3,(H,17,18,21). The molecule has 1 N–H and O–H groups in total. The van der Waals surface area contributed by atoms with E-state index in [0.29, 0.717) is 35.4 Å². The lowest BCUT2D eigenvalue weighted by Crippen LogP contribution is -2.37. The molecule has 0 radical (unpaired) electrons. The summed E-state index contributed by atoms with van der Waals surface area (Å²) in [7, 11) is 3.10. The molecule has 9 heteroatoms. The van der Waals surface area contributed by atoms with Crippen LogP contribution in [0.2, 0.25) is 0 Å². The van der Waals surface area contributed by atoms with Crippen molar-refractivity contribution in [2.45, 2.75) is 0 Å². The number of hydrogen-bond donors (Lipinski definition) is 1. The molecule has 0 saturated carbocycles. The molecule has 8 nitrogen and oxygen atoms in total. The van der Waals surface area contributed by atoms with Crippen LogP contribution in [-0.2, 0) is 4.79 Å². The van der Waals surface area contributed by atoms with E-state index in [9.17, 15) is 9.59 Å². The zero-order valence-electron chi connectivity index (χ0n) is 13.9. The smallest absolute Gasteiger partial charge is 0.325 e. The maximum Gasteiger partial charge on any atom is 0.325 e. The van der Waals surface area contributed by atoms with E-state index in [0.717, 1.165) is 0 Å². The number of ether oxygens (including phenoxy) is 2. The van der Waals surface area contributed by atoms with E-state index in [1.54, 1.807) is 48.9 Å². The first-order valence-corrected chi connectivity index (χ1v) is 8.48. The highest BCUT2D eigenvalue weighted by Gasteiger charge is 2.31. The Balaban J connectivity index is 1.66. The van der Waals surface area contributed by atoms with Gasteiger partial charge >= 0.3 is 6.03 Å². The molecular formula is C16H18N4O4S. The van der Waals surface area contributed by atoms with Crippen LogP contribution < -0.4 is 19.7 Å². The quantitative estimate of drug-likeness (QED) is 0.850. The van der Waals surface area contributed by atoms with Gasteiger partial charge in [-0.25, -0.2) is 9.78 Å². The Kier molecular flexibility index (Phi) is 5.03. The van der Waals surface area contributed by atoms with Gasteiger partial charge in [0.05, 0.1) is 14.2 Å². The van der Waals surface area contributed by atoms with E-state index in [1.165, 1.54) is 16.2 Å². The monoisotopic (exact) mass is 362 g/mol. The van der Waals surface area contributed by atoms with E-state index < -0.39 is 0 Å². The van der Waals surface area contributed by atoms with Crippen molar-refractivity contribution in [1.82, 2.24) is 9.88 Å². The molecule has 3 rings (SSSR count). The van der Waals surface area contributed by atoms with Crippen molar-refractivity contribution in [2.24, 2.45) is 0 Å². The Morgan fingerprint density at radius 3 is 2.76 bits per heavy atom. The number of rotatable bonds is 6. The predicted molar refractivity (Wildman–Crippen MR) is 94.6 cm³/mol. The second-order valence-corrected chi connectivity index (χ2v) is 6.18. The number of nitrogens with zero attached hydrogens (tertiary/aromatic N) is 3. The molecule has 1 aliphatic rings. The van der Waals surface area contributed by atoms with Crippen LogP contribution in [-0.4, -0.2) is 55.7 Å². The van der Waals surface area contributed by atoms with Crippen molar-refractivity contribution in [3.05, 3.63) is 29.8 Å². The van der Waals surface area contributed by atoms with Gasteiger partial charge in [0.15, 0.2) is 16.6 Å². The Hall–Kier alpha value is -2.81. The third-order valence-corrected chi connectivity index (χ3v) is 4.48. The van der Waals surface area contributed by atoms with Gasteiger partial charge in [0, 0.05) is 36.4 Å². The summed E-state index contributed by atoms with van der Waals surface area (Å²) in [5, 5.41) is 4.97. The lowest BCUT2D eigenvalue weighted by Gasteiger charge is -2.19. The Morgan fingerprint density at radius 1 is 1.28 bits per heavy atom. The van der Waals surface area contributed by atoms with E-state index in [1.807, 2.05) is 0 Å². The number of hydrogen-bond acceptors (Lipinski definition) is 6. The molecule has 2 aromatic rings. The van der Waals surface area contributed by atoms with Crippen LogP contribution in [0.3, 0.4) is 0 Å². The van der Waals surface area contributed by atoms with Crippen molar-refractivity contribution in [3.8, 4) is 11.5 Å². The Labute approximate surface area is 149 Å². The second-order valence-electron chi connectivity index (χ2n) is 5.28. The number of anilines is 2. The second kappa shape index (κ2) is 7.39. The van der Waals surface area contributed by atoms with Gasteiger partial charge in [0.25, 0.3) is 0 Å². The van der Waals surface area contributed by atoms with Gasteiger partial charge in [0.1, 0.15) is 6.54 Å². The molecule has 132 valence electrons. The third-order valence-electron chi connectivity index (χ3n) is 3.79. The van der Waals surface area contributed by atoms with Gasteiger partial charge in [-0.1, -0.05) is 0 Å². The zero-order chi connectivity index (χ0) is 17.8. The summed E-state index contributed by atoms with van der Waals surface area (Å²) in [6.45, 7) is 0.958. The zero-order valence-corrected chi connectivity index (χ0v) is 14.7. The lowest BCUT2D eigenvalue weighted by molar-refractivity contribution is -0.116. The first-order chi connectivity index (χ1) is 12.1. The van der Waals surface area contributed by atoms with Crippen molar-refractivity contribution in [2.75, 3.05) is 44.1 Å². The number of urea groups is 1. The van der Waals surface area contributed by atoms with Crippen LogP contribution in [0.25, 0.3) is 0 Å². The minimum atomic E-state index is -0.266. The fourth-order valence-electron chi connectivity index (χ4n) is 2.58. The topological polar surface area (TPSA) is 84.0 Å². The summed E-state index contributed by atoms with van der Waals surface area (Å²) in [4.78, 5) is 31.7. The van der Waals surface area contributed by atoms with Gasteiger partial charge in [-0.3, -0.25) is 9.69 Å². The molecule has 2 heterocycles. The summed E-state index contributed by atoms with van der Waals surface area (Å²) < 4.78 is 10.5. The maximum atomic E-state index is 12.6. The van der Waals surface area contributed by atoms with Crippen LogP contribution in [0, 0.1) is 0 Å². The largest absolute Gasteiger partial charge is 0.493 e. The number of aromatic nitrogens is 1. The summed E-state index contributed by atoms with van der Waals surface area (Å²) >= 11 is 1.33. The van der Waals surface area contributed by atoms with Crippen LogP contribution in [0.5, 0.6) is 11.5 Å². The molecule has 1 aromatic heterocycles. The normalized spacial score (nSPS) is 13.9. The molecule has 0 spiro atoms. The number of carbonyl (C=O) groups is 2. The van der Waals surface area contributed by atoms with Gasteiger partial charge < -0.3 is 19.7 Å². The van der Waals surface area contributed by atoms with Gasteiger partial charge in [-0.2, -0.15) is 0 Å². The molecule has 3 amide bonds. The Morgan fingerprint density at radius 2 is 2.08 bits per heavy atom. The fraction of sp³-hybridized carbons (Fsp3) is 0.312. The lowest BCUT2D eigenvalue weighted by atomic mass is 10.2. The van der Waals surface area contributed by atoms with E-state index >= 15 is 0 Å². The average molecular weight is 362 g/mol. The predicted octanol–water partition coefficient (Wildman–Crippen LogP) is 2.04. The minimum absolute atomic E-state index is 0.0117. The molecular weight excluding hydrogens is 344 g/mol. The molecule has 0 bridgehead atoms. The molecule has 1 aromatic carbocycles. The van der Waals surface area contributed by atoms with Crippen LogP contribution in [0.1, 0.15) is 0 Å². The molecule has 1 saturated heterocycles. The average Bonchev–Trinajstić information content (AvgIpc) is 3.25. The maximum absolute atomic E-state index is 12.6. The van der Waals surface area contributed by atoms with Crippen LogP contribution >= 0.6 is 11.3 Å². The number of carbonyl (C=O) groups excluding carboxylic acids is 2. The summed E-state index contributed by atoms with van der Waals surface area (Å²) in [5.74, 6) is 0.878. The van der Waals surface area contributed by atoms with E-state index in [-0.39, 0.29) is 18.5 Å². The van der Waals surface area contributed by atoms with Crippen molar-refractivity contribution >= 4 is 34.1 Å². The number of amides is 3. The number of nitrogens with one attached hydrogen (secondary N) is 1. The SMILES string of the molecule is COc1ccc(N2CCN(CC(=O)Nc3nccs3)C2=O)cc1OC.